The van der Waals surface area contributed by atoms with E-state index in [-0.39, 0.29) is 42.0 Å². The molecule has 1 aromatic rings. The molecule has 0 spiro atoms. The van der Waals surface area contributed by atoms with Crippen molar-refractivity contribution in [2.45, 2.75) is 19.3 Å². The molecule has 0 bridgehead atoms. The molecule has 2 amide bonds. The first-order chi connectivity index (χ1) is 9.25. The van der Waals surface area contributed by atoms with Gasteiger partial charge in [-0.25, -0.2) is 0 Å². The summed E-state index contributed by atoms with van der Waals surface area (Å²) in [5.74, 6) is -0.275. The molecule has 0 radical (unpaired) electrons. The van der Waals surface area contributed by atoms with Gasteiger partial charge in [0.15, 0.2) is 0 Å². The fourth-order valence-electron chi connectivity index (χ4n) is 1.27. The second-order valence-corrected chi connectivity index (χ2v) is 5.98. The van der Waals surface area contributed by atoms with Crippen molar-refractivity contribution < 1.29 is 9.59 Å². The van der Waals surface area contributed by atoms with Gasteiger partial charge in [-0.05, 0) is 6.42 Å². The second kappa shape index (κ2) is 7.92. The Morgan fingerprint density at radius 1 is 0.600 bits per heavy atom. The number of rotatable bonds is 0. The SMILES string of the molecule is Clc1c(Cl)c(Cl)c(Cl)c(Cl)c1Cl.O=C1CCCC(=O)N1. The summed E-state index contributed by atoms with van der Waals surface area (Å²) < 4.78 is 0. The minimum atomic E-state index is -0.138. The van der Waals surface area contributed by atoms with Crippen LogP contribution in [0, 0.1) is 0 Å². The number of benzene rings is 1. The number of piperidine rings is 1. The molecule has 1 heterocycles. The highest BCUT2D eigenvalue weighted by Crippen LogP contribution is 2.45. The molecule has 20 heavy (non-hydrogen) atoms. The van der Waals surface area contributed by atoms with Crippen LogP contribution in [-0.4, -0.2) is 11.8 Å². The minimum Gasteiger partial charge on any atom is -0.296 e. The molecule has 1 aliphatic heterocycles. The molecule has 1 N–H and O–H groups in total. The van der Waals surface area contributed by atoms with Crippen molar-refractivity contribution in [2.75, 3.05) is 0 Å². The monoisotopic (exact) mass is 395 g/mol. The maximum absolute atomic E-state index is 10.3. The van der Waals surface area contributed by atoms with Gasteiger partial charge in [-0.15, -0.1) is 0 Å². The molecule has 1 aromatic carbocycles. The first-order valence-corrected chi connectivity index (χ1v) is 7.52. The minimum absolute atomic E-state index is 0.109. The summed E-state index contributed by atoms with van der Waals surface area (Å²) in [6.07, 6.45) is 1.72. The number of nitrogens with one attached hydrogen (secondary N) is 1. The number of amides is 2. The molecule has 0 atom stereocenters. The van der Waals surface area contributed by atoms with Crippen LogP contribution in [0.15, 0.2) is 0 Å². The molecule has 110 valence electrons. The molecule has 1 saturated heterocycles. The van der Waals surface area contributed by atoms with Crippen molar-refractivity contribution in [3.63, 3.8) is 0 Å². The number of hydrogen-bond acceptors (Lipinski definition) is 2. The summed E-state index contributed by atoms with van der Waals surface area (Å²) in [5.41, 5.74) is 0. The smallest absolute Gasteiger partial charge is 0.226 e. The Labute approximate surface area is 145 Å². The Hall–Kier alpha value is 0.1000. The summed E-state index contributed by atoms with van der Waals surface area (Å²) in [6.45, 7) is 0. The topological polar surface area (TPSA) is 46.2 Å². The highest BCUT2D eigenvalue weighted by atomic mass is 35.5. The van der Waals surface area contributed by atoms with E-state index in [1.165, 1.54) is 0 Å². The molecular formula is C11H7Cl6NO2. The maximum atomic E-state index is 10.3. The van der Waals surface area contributed by atoms with Crippen LogP contribution >= 0.6 is 69.6 Å². The van der Waals surface area contributed by atoms with Gasteiger partial charge in [0.2, 0.25) is 11.8 Å². The third kappa shape index (κ3) is 4.55. The molecule has 0 aliphatic carbocycles. The Balaban J connectivity index is 0.000000217. The van der Waals surface area contributed by atoms with E-state index in [4.69, 9.17) is 69.6 Å². The van der Waals surface area contributed by atoms with Gasteiger partial charge in [-0.3, -0.25) is 14.9 Å². The van der Waals surface area contributed by atoms with Crippen LogP contribution in [0.1, 0.15) is 19.3 Å². The molecular weight excluding hydrogens is 391 g/mol. The van der Waals surface area contributed by atoms with Crippen LogP contribution < -0.4 is 5.32 Å². The third-order valence-electron chi connectivity index (χ3n) is 2.24. The van der Waals surface area contributed by atoms with Crippen molar-refractivity contribution in [3.05, 3.63) is 30.1 Å². The second-order valence-electron chi connectivity index (χ2n) is 3.71. The molecule has 3 nitrogen and oxygen atoms in total. The fourth-order valence-corrected chi connectivity index (χ4v) is 2.69. The molecule has 0 aromatic heterocycles. The van der Waals surface area contributed by atoms with E-state index in [1.807, 2.05) is 0 Å². The Morgan fingerprint density at radius 2 is 0.850 bits per heavy atom. The standard InChI is InChI=1S/C6Cl6.C5H7NO2/c7-1-2(8)4(10)6(12)5(11)3(1)9;7-4-2-1-3-5(8)6-4/h;1-3H2,(H,6,7,8). The number of hydrogen-bond donors (Lipinski definition) is 1. The van der Waals surface area contributed by atoms with Crippen LogP contribution in [0.3, 0.4) is 0 Å². The fraction of sp³-hybridized carbons (Fsp3) is 0.273. The molecule has 2 rings (SSSR count). The van der Waals surface area contributed by atoms with Gasteiger partial charge in [-0.1, -0.05) is 69.6 Å². The zero-order valence-electron chi connectivity index (χ0n) is 9.71. The lowest BCUT2D eigenvalue weighted by Gasteiger charge is -2.07. The Morgan fingerprint density at radius 3 is 1.00 bits per heavy atom. The van der Waals surface area contributed by atoms with Gasteiger partial charge in [0.1, 0.15) is 0 Å². The lowest BCUT2D eigenvalue weighted by Crippen LogP contribution is -2.33. The Kier molecular flexibility index (Phi) is 7.19. The van der Waals surface area contributed by atoms with E-state index in [9.17, 15) is 9.59 Å². The van der Waals surface area contributed by atoms with Gasteiger partial charge in [0.25, 0.3) is 0 Å². The maximum Gasteiger partial charge on any atom is 0.226 e. The van der Waals surface area contributed by atoms with Gasteiger partial charge in [0.05, 0.1) is 30.1 Å². The van der Waals surface area contributed by atoms with Crippen molar-refractivity contribution in [3.8, 4) is 0 Å². The van der Waals surface area contributed by atoms with E-state index in [0.29, 0.717) is 19.3 Å². The van der Waals surface area contributed by atoms with Crippen LogP contribution in [0.2, 0.25) is 30.1 Å². The Bertz CT molecular complexity index is 441. The molecule has 9 heteroatoms. The normalized spacial score (nSPS) is 14.5. The first kappa shape index (κ1) is 18.1. The van der Waals surface area contributed by atoms with E-state index in [0.717, 1.165) is 0 Å². The van der Waals surface area contributed by atoms with E-state index >= 15 is 0 Å². The molecule has 1 fully saturated rings. The molecule has 0 saturated carbocycles. The van der Waals surface area contributed by atoms with Gasteiger partial charge < -0.3 is 0 Å². The highest BCUT2D eigenvalue weighted by molar-refractivity contribution is 6.59. The van der Waals surface area contributed by atoms with Gasteiger partial charge in [-0.2, -0.15) is 0 Å². The number of halogens is 6. The van der Waals surface area contributed by atoms with E-state index < -0.39 is 0 Å². The largest absolute Gasteiger partial charge is 0.296 e. The van der Waals surface area contributed by atoms with Gasteiger partial charge >= 0.3 is 0 Å². The molecule has 1 aliphatic rings. The summed E-state index contributed by atoms with van der Waals surface area (Å²) in [7, 11) is 0. The summed E-state index contributed by atoms with van der Waals surface area (Å²) in [4.78, 5) is 20.7. The van der Waals surface area contributed by atoms with Crippen molar-refractivity contribution in [1.29, 1.82) is 0 Å². The average molecular weight is 398 g/mol. The van der Waals surface area contributed by atoms with Crippen molar-refractivity contribution in [1.82, 2.24) is 5.32 Å². The van der Waals surface area contributed by atoms with Crippen LogP contribution in [0.5, 0.6) is 0 Å². The highest BCUT2D eigenvalue weighted by Gasteiger charge is 2.17. The first-order valence-electron chi connectivity index (χ1n) is 5.25. The number of imide groups is 1. The van der Waals surface area contributed by atoms with Crippen molar-refractivity contribution in [2.24, 2.45) is 0 Å². The lowest BCUT2D eigenvalue weighted by molar-refractivity contribution is -0.132. The van der Waals surface area contributed by atoms with E-state index in [2.05, 4.69) is 5.32 Å². The predicted molar refractivity (Wildman–Crippen MR) is 83.5 cm³/mol. The zero-order valence-corrected chi connectivity index (χ0v) is 14.2. The summed E-state index contributed by atoms with van der Waals surface area (Å²) in [5, 5.41) is 2.86. The molecule has 0 unspecified atom stereocenters. The quantitative estimate of drug-likeness (QED) is 0.361. The predicted octanol–water partition coefficient (Wildman–Crippen LogP) is 5.42. The summed E-state index contributed by atoms with van der Waals surface area (Å²) in [6, 6.07) is 0. The van der Waals surface area contributed by atoms with Crippen LogP contribution in [0.4, 0.5) is 0 Å². The third-order valence-corrected chi connectivity index (χ3v) is 5.09. The van der Waals surface area contributed by atoms with Gasteiger partial charge in [0, 0.05) is 12.8 Å². The van der Waals surface area contributed by atoms with Crippen LogP contribution in [-0.2, 0) is 9.59 Å². The zero-order chi connectivity index (χ0) is 15.4. The number of carbonyl (C=O) groups excluding carboxylic acids is 2. The van der Waals surface area contributed by atoms with Crippen molar-refractivity contribution >= 4 is 81.4 Å². The average Bonchev–Trinajstić information content (AvgIpc) is 2.41. The van der Waals surface area contributed by atoms with Crippen LogP contribution in [0.25, 0.3) is 0 Å². The van der Waals surface area contributed by atoms with E-state index in [1.54, 1.807) is 0 Å². The summed E-state index contributed by atoms with van der Waals surface area (Å²) >= 11 is 34.0. The number of carbonyl (C=O) groups is 2. The lowest BCUT2D eigenvalue weighted by atomic mass is 10.1.